The summed E-state index contributed by atoms with van der Waals surface area (Å²) in [6.07, 6.45) is 0.959. The van der Waals surface area contributed by atoms with E-state index in [1.54, 1.807) is 11.0 Å². The summed E-state index contributed by atoms with van der Waals surface area (Å²) in [5, 5.41) is 8.91. The average Bonchev–Trinajstić information content (AvgIpc) is 2.84. The maximum Gasteiger partial charge on any atom is 0.418 e. The molecule has 1 aliphatic carbocycles. The van der Waals surface area contributed by atoms with E-state index in [1.807, 2.05) is 72.8 Å². The van der Waals surface area contributed by atoms with E-state index >= 15 is 0 Å². The van der Waals surface area contributed by atoms with Gasteiger partial charge in [0.05, 0.1) is 11.4 Å². The summed E-state index contributed by atoms with van der Waals surface area (Å²) < 4.78 is 11.2. The lowest BCUT2D eigenvalue weighted by Gasteiger charge is -2.29. The van der Waals surface area contributed by atoms with E-state index in [-0.39, 0.29) is 12.5 Å². The fourth-order valence-corrected chi connectivity index (χ4v) is 4.05. The molecule has 33 heavy (non-hydrogen) atoms. The first-order valence-corrected chi connectivity index (χ1v) is 10.8. The summed E-state index contributed by atoms with van der Waals surface area (Å²) in [7, 11) is 0. The molecule has 1 aliphatic rings. The number of hydrogen-bond donors (Lipinski definition) is 1. The molecule has 1 atom stereocenters. The van der Waals surface area contributed by atoms with E-state index < -0.39 is 18.7 Å². The molecule has 0 saturated carbocycles. The molecule has 3 aromatic carbocycles. The Morgan fingerprint density at radius 3 is 2.18 bits per heavy atom. The summed E-state index contributed by atoms with van der Waals surface area (Å²) in [5.41, 5.74) is 4.17. The maximum absolute atomic E-state index is 13.1. The molecule has 6 heteroatoms. The Balaban J connectivity index is 1.48. The van der Waals surface area contributed by atoms with Crippen molar-refractivity contribution in [3.05, 3.63) is 96.6 Å². The number of amides is 1. The lowest BCUT2D eigenvalue weighted by molar-refractivity contribution is -0.139. The van der Waals surface area contributed by atoms with E-state index in [9.17, 15) is 9.59 Å². The third kappa shape index (κ3) is 5.06. The molecule has 168 valence electrons. The van der Waals surface area contributed by atoms with Crippen molar-refractivity contribution in [1.29, 1.82) is 0 Å². The summed E-state index contributed by atoms with van der Waals surface area (Å²) in [6, 6.07) is 24.3. The Morgan fingerprint density at radius 2 is 1.58 bits per heavy atom. The number of anilines is 2. The second kappa shape index (κ2) is 10.0. The predicted octanol–water partition coefficient (Wildman–Crippen LogP) is 5.70. The zero-order chi connectivity index (χ0) is 23.2. The van der Waals surface area contributed by atoms with Gasteiger partial charge in [0.2, 0.25) is 0 Å². The van der Waals surface area contributed by atoms with Crippen LogP contribution in [0.1, 0.15) is 17.5 Å². The number of carbonyl (C=O) groups excluding carboxylic acids is 1. The summed E-state index contributed by atoms with van der Waals surface area (Å²) in [4.78, 5) is 25.6. The molecule has 0 radical (unpaired) electrons. The van der Waals surface area contributed by atoms with E-state index in [4.69, 9.17) is 14.6 Å². The third-order valence-electron chi connectivity index (χ3n) is 5.69. The van der Waals surface area contributed by atoms with Crippen LogP contribution in [0.25, 0.3) is 5.57 Å². The van der Waals surface area contributed by atoms with Crippen molar-refractivity contribution in [2.75, 3.05) is 18.1 Å². The second-order valence-corrected chi connectivity index (χ2v) is 7.81. The minimum absolute atomic E-state index is 0.0374. The van der Waals surface area contributed by atoms with Crippen molar-refractivity contribution < 1.29 is 24.2 Å². The SMILES string of the molecule is C=C1c2cccc(OCC(=O)O)c2CCC1COC(=O)N(c1ccccc1)c1ccccc1. The normalized spacial score (nSPS) is 14.8. The first-order chi connectivity index (χ1) is 16.0. The molecule has 1 N–H and O–H groups in total. The van der Waals surface area contributed by atoms with Gasteiger partial charge in [0.1, 0.15) is 12.4 Å². The fraction of sp³-hybridized carbons (Fsp3) is 0.185. The Bertz CT molecular complexity index is 1100. The maximum atomic E-state index is 13.1. The molecule has 0 bridgehead atoms. The second-order valence-electron chi connectivity index (χ2n) is 7.81. The van der Waals surface area contributed by atoms with Gasteiger partial charge in [0.25, 0.3) is 0 Å². The van der Waals surface area contributed by atoms with E-state index in [0.717, 1.165) is 34.5 Å². The number of carboxylic acid groups (broad SMARTS) is 1. The number of hydrogen-bond acceptors (Lipinski definition) is 4. The molecule has 0 aliphatic heterocycles. The van der Waals surface area contributed by atoms with Gasteiger partial charge in [-0.25, -0.2) is 14.5 Å². The van der Waals surface area contributed by atoms with Crippen molar-refractivity contribution in [2.24, 2.45) is 5.92 Å². The zero-order valence-corrected chi connectivity index (χ0v) is 18.1. The molecule has 0 spiro atoms. The quantitative estimate of drug-likeness (QED) is 0.507. The number of benzene rings is 3. The Labute approximate surface area is 192 Å². The highest BCUT2D eigenvalue weighted by atomic mass is 16.6. The highest BCUT2D eigenvalue weighted by Crippen LogP contribution is 2.39. The molecule has 0 saturated heterocycles. The third-order valence-corrected chi connectivity index (χ3v) is 5.69. The lowest BCUT2D eigenvalue weighted by atomic mass is 9.80. The lowest BCUT2D eigenvalue weighted by Crippen LogP contribution is -2.29. The Morgan fingerprint density at radius 1 is 0.939 bits per heavy atom. The van der Waals surface area contributed by atoms with E-state index in [0.29, 0.717) is 12.2 Å². The number of ether oxygens (including phenoxy) is 2. The van der Waals surface area contributed by atoms with Gasteiger partial charge < -0.3 is 14.6 Å². The first-order valence-electron chi connectivity index (χ1n) is 10.8. The number of nitrogens with zero attached hydrogens (tertiary/aromatic N) is 1. The minimum Gasteiger partial charge on any atom is -0.482 e. The van der Waals surface area contributed by atoms with Gasteiger partial charge in [-0.3, -0.25) is 0 Å². The molecule has 6 nitrogen and oxygen atoms in total. The Hall–Kier alpha value is -4.06. The van der Waals surface area contributed by atoms with Crippen LogP contribution in [0.5, 0.6) is 5.75 Å². The first kappa shape index (κ1) is 22.1. The van der Waals surface area contributed by atoms with Crippen LogP contribution >= 0.6 is 0 Å². The van der Waals surface area contributed by atoms with Crippen molar-refractivity contribution in [1.82, 2.24) is 0 Å². The number of carbonyl (C=O) groups is 2. The number of fused-ring (bicyclic) bond motifs is 1. The average molecular weight is 443 g/mol. The van der Waals surface area contributed by atoms with Crippen molar-refractivity contribution in [3.63, 3.8) is 0 Å². The van der Waals surface area contributed by atoms with Crippen LogP contribution in [0.3, 0.4) is 0 Å². The Kier molecular flexibility index (Phi) is 6.74. The number of para-hydroxylation sites is 2. The molecule has 1 amide bonds. The highest BCUT2D eigenvalue weighted by Gasteiger charge is 2.27. The van der Waals surface area contributed by atoms with E-state index in [1.165, 1.54) is 0 Å². The largest absolute Gasteiger partial charge is 0.482 e. The number of rotatable bonds is 7. The van der Waals surface area contributed by atoms with Crippen LogP contribution < -0.4 is 9.64 Å². The molecule has 1 unspecified atom stereocenters. The van der Waals surface area contributed by atoms with Gasteiger partial charge in [-0.05, 0) is 54.3 Å². The van der Waals surface area contributed by atoms with Gasteiger partial charge in [0.15, 0.2) is 6.61 Å². The number of aliphatic carboxylic acids is 1. The summed E-state index contributed by atoms with van der Waals surface area (Å²) in [5.74, 6) is -0.496. The van der Waals surface area contributed by atoms with Crippen molar-refractivity contribution >= 4 is 29.0 Å². The summed E-state index contributed by atoms with van der Waals surface area (Å²) >= 11 is 0. The van der Waals surface area contributed by atoms with Crippen molar-refractivity contribution in [2.45, 2.75) is 12.8 Å². The van der Waals surface area contributed by atoms with Gasteiger partial charge >= 0.3 is 12.1 Å². The molecule has 3 aromatic rings. The highest BCUT2D eigenvalue weighted by molar-refractivity contribution is 5.96. The van der Waals surface area contributed by atoms with Crippen LogP contribution in [0.2, 0.25) is 0 Å². The number of carboxylic acids is 1. The van der Waals surface area contributed by atoms with Gasteiger partial charge in [-0.2, -0.15) is 0 Å². The van der Waals surface area contributed by atoms with Crippen molar-refractivity contribution in [3.8, 4) is 5.75 Å². The van der Waals surface area contributed by atoms with Crippen LogP contribution in [-0.4, -0.2) is 30.4 Å². The van der Waals surface area contributed by atoms with Crippen LogP contribution in [0.15, 0.2) is 85.4 Å². The van der Waals surface area contributed by atoms with Crippen LogP contribution in [0, 0.1) is 5.92 Å². The molecule has 0 heterocycles. The van der Waals surface area contributed by atoms with Gasteiger partial charge in [-0.15, -0.1) is 0 Å². The summed E-state index contributed by atoms with van der Waals surface area (Å²) in [6.45, 7) is 4.05. The minimum atomic E-state index is -1.02. The van der Waals surface area contributed by atoms with Gasteiger partial charge in [-0.1, -0.05) is 55.1 Å². The zero-order valence-electron chi connectivity index (χ0n) is 18.1. The standard InChI is InChI=1S/C27H25NO5/c1-19-20(15-16-24-23(19)13-8-14-25(24)32-18-26(29)30)17-33-27(31)28(21-9-4-2-5-10-21)22-11-6-3-7-12-22/h2-14,20H,1,15-18H2,(H,29,30). The smallest absolute Gasteiger partial charge is 0.418 e. The predicted molar refractivity (Wildman–Crippen MR) is 127 cm³/mol. The molecular formula is C27H25NO5. The topological polar surface area (TPSA) is 76.1 Å². The monoisotopic (exact) mass is 443 g/mol. The molecule has 0 fully saturated rings. The van der Waals surface area contributed by atoms with Crippen LogP contribution in [-0.2, 0) is 16.0 Å². The molecular weight excluding hydrogens is 418 g/mol. The van der Waals surface area contributed by atoms with Gasteiger partial charge in [0, 0.05) is 11.5 Å². The van der Waals surface area contributed by atoms with Crippen LogP contribution in [0.4, 0.5) is 16.2 Å². The van der Waals surface area contributed by atoms with E-state index in [2.05, 4.69) is 6.58 Å². The molecule has 4 rings (SSSR count). The molecule has 0 aromatic heterocycles. The fourth-order valence-electron chi connectivity index (χ4n) is 4.05.